The third kappa shape index (κ3) is 1.87. The third-order valence-electron chi connectivity index (χ3n) is 3.42. The van der Waals surface area contributed by atoms with E-state index in [9.17, 15) is 0 Å². The van der Waals surface area contributed by atoms with Gasteiger partial charge < -0.3 is 15.0 Å². The van der Waals surface area contributed by atoms with Crippen LogP contribution >= 0.6 is 0 Å². The lowest BCUT2D eigenvalue weighted by atomic mass is 10.1. The first-order valence-corrected chi connectivity index (χ1v) is 5.81. The Kier molecular flexibility index (Phi) is 3.34. The molecule has 0 spiro atoms. The van der Waals surface area contributed by atoms with Gasteiger partial charge in [-0.1, -0.05) is 6.07 Å². The molecule has 1 N–H and O–H groups in total. The maximum Gasteiger partial charge on any atom is 0.124 e. The number of methoxy groups -OCH3 is 1. The Bertz CT molecular complexity index is 365. The Labute approximate surface area is 97.4 Å². The molecule has 0 aliphatic carbocycles. The number of benzene rings is 1. The van der Waals surface area contributed by atoms with E-state index in [-0.39, 0.29) is 0 Å². The molecule has 0 aromatic heterocycles. The fourth-order valence-electron chi connectivity index (χ4n) is 2.46. The Morgan fingerprint density at radius 2 is 2.31 bits per heavy atom. The van der Waals surface area contributed by atoms with E-state index in [0.29, 0.717) is 6.04 Å². The Balaban J connectivity index is 2.20. The molecule has 2 rings (SSSR count). The van der Waals surface area contributed by atoms with Crippen molar-refractivity contribution in [3.63, 3.8) is 0 Å². The fraction of sp³-hybridized carbons (Fsp3) is 0.538. The average molecular weight is 220 g/mol. The van der Waals surface area contributed by atoms with E-state index in [1.165, 1.54) is 17.7 Å². The highest BCUT2D eigenvalue weighted by atomic mass is 16.5. The van der Waals surface area contributed by atoms with Crippen LogP contribution in [0.4, 0.5) is 5.69 Å². The van der Waals surface area contributed by atoms with E-state index in [2.05, 4.69) is 29.4 Å². The second kappa shape index (κ2) is 4.74. The van der Waals surface area contributed by atoms with Gasteiger partial charge in [0.2, 0.25) is 0 Å². The lowest BCUT2D eigenvalue weighted by Crippen LogP contribution is -2.30. The number of nitrogens with zero attached hydrogens (tertiary/aromatic N) is 1. The Morgan fingerprint density at radius 1 is 1.50 bits per heavy atom. The molecule has 1 aromatic rings. The standard InChI is InChI=1S/C13H20N2O/c1-14-8-7-10-9-11-12(15(10)2)5-4-6-13(11)16-3/h4-6,10,14H,7-9H2,1-3H3. The van der Waals surface area contributed by atoms with Crippen LogP contribution in [0, 0.1) is 0 Å². The predicted octanol–water partition coefficient (Wildman–Crippen LogP) is 1.67. The van der Waals surface area contributed by atoms with Crippen molar-refractivity contribution >= 4 is 5.69 Å². The van der Waals surface area contributed by atoms with Crippen molar-refractivity contribution in [2.45, 2.75) is 18.9 Å². The largest absolute Gasteiger partial charge is 0.496 e. The fourth-order valence-corrected chi connectivity index (χ4v) is 2.46. The maximum absolute atomic E-state index is 5.42. The van der Waals surface area contributed by atoms with Crippen molar-refractivity contribution in [3.05, 3.63) is 23.8 Å². The summed E-state index contributed by atoms with van der Waals surface area (Å²) in [4.78, 5) is 2.37. The molecule has 1 aromatic carbocycles. The summed E-state index contributed by atoms with van der Waals surface area (Å²) in [5.74, 6) is 1.02. The molecule has 1 heterocycles. The molecular formula is C13H20N2O. The van der Waals surface area contributed by atoms with E-state index in [1.54, 1.807) is 7.11 Å². The number of hydrogen-bond donors (Lipinski definition) is 1. The zero-order chi connectivity index (χ0) is 11.5. The van der Waals surface area contributed by atoms with Gasteiger partial charge in [-0.15, -0.1) is 0 Å². The van der Waals surface area contributed by atoms with Crippen LogP contribution in [-0.2, 0) is 6.42 Å². The molecule has 3 heteroatoms. The molecule has 0 bridgehead atoms. The molecule has 0 saturated heterocycles. The lowest BCUT2D eigenvalue weighted by Gasteiger charge is -2.22. The lowest BCUT2D eigenvalue weighted by molar-refractivity contribution is 0.410. The summed E-state index contributed by atoms with van der Waals surface area (Å²) < 4.78 is 5.42. The predicted molar refractivity (Wildman–Crippen MR) is 67.4 cm³/mol. The first kappa shape index (κ1) is 11.3. The zero-order valence-electron chi connectivity index (χ0n) is 10.3. The summed E-state index contributed by atoms with van der Waals surface area (Å²) in [6.07, 6.45) is 2.27. The van der Waals surface area contributed by atoms with Crippen LogP contribution in [0.1, 0.15) is 12.0 Å². The summed E-state index contributed by atoms with van der Waals surface area (Å²) in [5.41, 5.74) is 2.68. The molecule has 88 valence electrons. The van der Waals surface area contributed by atoms with Crippen LogP contribution in [-0.4, -0.2) is 33.8 Å². The SMILES string of the molecule is CNCCC1Cc2c(OC)cccc2N1C. The second-order valence-electron chi connectivity index (χ2n) is 4.32. The van der Waals surface area contributed by atoms with E-state index in [1.807, 2.05) is 13.1 Å². The molecular weight excluding hydrogens is 200 g/mol. The van der Waals surface area contributed by atoms with Crippen LogP contribution < -0.4 is 15.0 Å². The van der Waals surface area contributed by atoms with Gasteiger partial charge in [0.25, 0.3) is 0 Å². The maximum atomic E-state index is 5.42. The van der Waals surface area contributed by atoms with Gasteiger partial charge in [0.1, 0.15) is 5.75 Å². The summed E-state index contributed by atoms with van der Waals surface area (Å²) in [6.45, 7) is 1.06. The van der Waals surface area contributed by atoms with Gasteiger partial charge in [-0.3, -0.25) is 0 Å². The van der Waals surface area contributed by atoms with Crippen molar-refractivity contribution in [1.82, 2.24) is 5.32 Å². The van der Waals surface area contributed by atoms with E-state index < -0.39 is 0 Å². The minimum absolute atomic E-state index is 0.596. The summed E-state index contributed by atoms with van der Waals surface area (Å²) in [6, 6.07) is 6.89. The van der Waals surface area contributed by atoms with Gasteiger partial charge in [0.15, 0.2) is 0 Å². The molecule has 1 unspecified atom stereocenters. The second-order valence-corrected chi connectivity index (χ2v) is 4.32. The minimum atomic E-state index is 0.596. The van der Waals surface area contributed by atoms with Crippen LogP contribution in [0.25, 0.3) is 0 Å². The van der Waals surface area contributed by atoms with Gasteiger partial charge in [-0.05, 0) is 38.6 Å². The first-order chi connectivity index (χ1) is 7.77. The Morgan fingerprint density at radius 3 is 3.00 bits per heavy atom. The number of anilines is 1. The van der Waals surface area contributed by atoms with Gasteiger partial charge >= 0.3 is 0 Å². The monoisotopic (exact) mass is 220 g/mol. The molecule has 3 nitrogen and oxygen atoms in total. The quantitative estimate of drug-likeness (QED) is 0.835. The zero-order valence-corrected chi connectivity index (χ0v) is 10.3. The van der Waals surface area contributed by atoms with Crippen molar-refractivity contribution < 1.29 is 4.74 Å². The van der Waals surface area contributed by atoms with Crippen molar-refractivity contribution in [2.24, 2.45) is 0 Å². The highest BCUT2D eigenvalue weighted by Gasteiger charge is 2.28. The molecule has 0 radical (unpaired) electrons. The number of hydrogen-bond acceptors (Lipinski definition) is 3. The van der Waals surface area contributed by atoms with E-state index in [0.717, 1.165) is 18.7 Å². The molecule has 0 saturated carbocycles. The molecule has 1 atom stereocenters. The summed E-state index contributed by atoms with van der Waals surface area (Å²) in [7, 11) is 5.92. The highest BCUT2D eigenvalue weighted by Crippen LogP contribution is 2.37. The molecule has 1 aliphatic rings. The van der Waals surface area contributed by atoms with Gasteiger partial charge in [0, 0.05) is 24.3 Å². The summed E-state index contributed by atoms with van der Waals surface area (Å²) >= 11 is 0. The van der Waals surface area contributed by atoms with Gasteiger partial charge in [-0.2, -0.15) is 0 Å². The first-order valence-electron chi connectivity index (χ1n) is 5.81. The van der Waals surface area contributed by atoms with Crippen LogP contribution in [0.2, 0.25) is 0 Å². The van der Waals surface area contributed by atoms with Gasteiger partial charge in [0.05, 0.1) is 7.11 Å². The molecule has 0 fully saturated rings. The van der Waals surface area contributed by atoms with Crippen LogP contribution in [0.5, 0.6) is 5.75 Å². The van der Waals surface area contributed by atoms with Crippen LogP contribution in [0.15, 0.2) is 18.2 Å². The number of ether oxygens (including phenoxy) is 1. The topological polar surface area (TPSA) is 24.5 Å². The Hall–Kier alpha value is -1.22. The van der Waals surface area contributed by atoms with Crippen LogP contribution in [0.3, 0.4) is 0 Å². The molecule has 16 heavy (non-hydrogen) atoms. The molecule has 0 amide bonds. The minimum Gasteiger partial charge on any atom is -0.496 e. The summed E-state index contributed by atoms with van der Waals surface area (Å²) in [5, 5.41) is 3.21. The van der Waals surface area contributed by atoms with E-state index in [4.69, 9.17) is 4.74 Å². The smallest absolute Gasteiger partial charge is 0.124 e. The van der Waals surface area contributed by atoms with E-state index >= 15 is 0 Å². The normalized spacial score (nSPS) is 18.7. The average Bonchev–Trinajstić information content (AvgIpc) is 2.64. The van der Waals surface area contributed by atoms with Crippen molar-refractivity contribution in [3.8, 4) is 5.75 Å². The number of nitrogens with one attached hydrogen (secondary N) is 1. The third-order valence-corrected chi connectivity index (χ3v) is 3.42. The highest BCUT2D eigenvalue weighted by molar-refractivity contribution is 5.63. The molecule has 1 aliphatic heterocycles. The number of likely N-dealkylation sites (N-methyl/N-ethyl adjacent to an activating group) is 1. The number of fused-ring (bicyclic) bond motifs is 1. The van der Waals surface area contributed by atoms with Crippen molar-refractivity contribution in [1.29, 1.82) is 0 Å². The number of rotatable bonds is 4. The van der Waals surface area contributed by atoms with Gasteiger partial charge in [-0.25, -0.2) is 0 Å². The van der Waals surface area contributed by atoms with Crippen molar-refractivity contribution in [2.75, 3.05) is 32.6 Å².